The van der Waals surface area contributed by atoms with Gasteiger partial charge in [0.25, 0.3) is 0 Å². The summed E-state index contributed by atoms with van der Waals surface area (Å²) in [7, 11) is 0. The fourth-order valence-corrected chi connectivity index (χ4v) is 4.51. The molecule has 0 spiro atoms. The van der Waals surface area contributed by atoms with Gasteiger partial charge >= 0.3 is 0 Å². The van der Waals surface area contributed by atoms with E-state index < -0.39 is 0 Å². The van der Waals surface area contributed by atoms with Gasteiger partial charge < -0.3 is 0 Å². The molecule has 0 heterocycles. The Morgan fingerprint density at radius 3 is 1.68 bits per heavy atom. The standard InChI is InChI=1S/C28H24/c1-19-12-14-27-24(15-19)18-23-13-11-20(2)16-28(23)26-10-6-4-8-22(26)17-21-7-3-5-9-25(21)27/h3-16H,17-18H2,1-2H3. The second-order valence-electron chi connectivity index (χ2n) is 7.99. The highest BCUT2D eigenvalue weighted by Gasteiger charge is 2.17. The van der Waals surface area contributed by atoms with Crippen molar-refractivity contribution in [2.75, 3.05) is 0 Å². The third-order valence-corrected chi connectivity index (χ3v) is 5.90. The van der Waals surface area contributed by atoms with Crippen LogP contribution in [0.15, 0.2) is 84.9 Å². The van der Waals surface area contributed by atoms with Crippen molar-refractivity contribution in [3.63, 3.8) is 0 Å². The van der Waals surface area contributed by atoms with Crippen LogP contribution in [0, 0.1) is 13.8 Å². The van der Waals surface area contributed by atoms with Crippen molar-refractivity contribution in [1.29, 1.82) is 0 Å². The first-order chi connectivity index (χ1) is 13.7. The predicted octanol–water partition coefficient (Wildman–Crippen LogP) is 7.13. The monoisotopic (exact) mass is 360 g/mol. The van der Waals surface area contributed by atoms with Gasteiger partial charge in [0.1, 0.15) is 0 Å². The molecule has 1 aliphatic carbocycles. The number of hydrogen-bond acceptors (Lipinski definition) is 0. The molecule has 0 N–H and O–H groups in total. The Morgan fingerprint density at radius 1 is 0.429 bits per heavy atom. The Labute approximate surface area is 167 Å². The second kappa shape index (κ2) is 6.80. The molecule has 0 saturated carbocycles. The summed E-state index contributed by atoms with van der Waals surface area (Å²) in [6.07, 6.45) is 1.91. The molecule has 0 bridgehead atoms. The zero-order valence-corrected chi connectivity index (χ0v) is 16.5. The first-order valence-electron chi connectivity index (χ1n) is 10.0. The summed E-state index contributed by atoms with van der Waals surface area (Å²) in [6.45, 7) is 4.38. The molecular formula is C28H24. The molecule has 0 atom stereocenters. The summed E-state index contributed by atoms with van der Waals surface area (Å²) >= 11 is 0. The van der Waals surface area contributed by atoms with Crippen LogP contribution >= 0.6 is 0 Å². The van der Waals surface area contributed by atoms with Gasteiger partial charge in [0.05, 0.1) is 0 Å². The smallest absolute Gasteiger partial charge is 0.00134 e. The van der Waals surface area contributed by atoms with Crippen LogP contribution < -0.4 is 0 Å². The van der Waals surface area contributed by atoms with Gasteiger partial charge in [-0.1, -0.05) is 96.1 Å². The number of hydrogen-bond donors (Lipinski definition) is 0. The first-order valence-corrected chi connectivity index (χ1v) is 10.0. The molecule has 0 unspecified atom stereocenters. The quantitative estimate of drug-likeness (QED) is 0.275. The van der Waals surface area contributed by atoms with Gasteiger partial charge in [0, 0.05) is 0 Å². The maximum Gasteiger partial charge on any atom is -0.00134 e. The molecule has 0 radical (unpaired) electrons. The van der Waals surface area contributed by atoms with Crippen molar-refractivity contribution in [2.45, 2.75) is 26.7 Å². The Balaban J connectivity index is 1.84. The minimum absolute atomic E-state index is 0.951. The Hall–Kier alpha value is -3.12. The van der Waals surface area contributed by atoms with Crippen molar-refractivity contribution in [3.8, 4) is 22.3 Å². The van der Waals surface area contributed by atoms with Crippen molar-refractivity contribution in [3.05, 3.63) is 118 Å². The van der Waals surface area contributed by atoms with E-state index in [1.54, 1.807) is 0 Å². The average Bonchev–Trinajstić information content (AvgIpc) is 2.70. The molecule has 0 fully saturated rings. The Morgan fingerprint density at radius 2 is 0.929 bits per heavy atom. The number of rotatable bonds is 0. The van der Waals surface area contributed by atoms with Gasteiger partial charge in [-0.05, 0) is 71.2 Å². The van der Waals surface area contributed by atoms with Gasteiger partial charge in [0.2, 0.25) is 0 Å². The van der Waals surface area contributed by atoms with E-state index in [0.717, 1.165) is 12.8 Å². The molecule has 1 aliphatic rings. The van der Waals surface area contributed by atoms with E-state index in [1.165, 1.54) is 55.6 Å². The van der Waals surface area contributed by atoms with E-state index in [9.17, 15) is 0 Å². The molecule has 0 aliphatic heterocycles. The summed E-state index contributed by atoms with van der Waals surface area (Å²) in [6, 6.07) is 31.6. The van der Waals surface area contributed by atoms with Gasteiger partial charge in [0.15, 0.2) is 0 Å². The molecule has 0 heteroatoms. The van der Waals surface area contributed by atoms with Gasteiger partial charge in [-0.2, -0.15) is 0 Å². The molecule has 5 rings (SSSR count). The molecule has 28 heavy (non-hydrogen) atoms. The highest BCUT2D eigenvalue weighted by atomic mass is 14.2. The Kier molecular flexibility index (Phi) is 4.13. The van der Waals surface area contributed by atoms with Gasteiger partial charge in [-0.25, -0.2) is 0 Å². The zero-order valence-electron chi connectivity index (χ0n) is 16.5. The zero-order chi connectivity index (χ0) is 19.1. The maximum absolute atomic E-state index is 2.36. The molecule has 0 aromatic heterocycles. The van der Waals surface area contributed by atoms with Crippen LogP contribution in [0.1, 0.15) is 33.4 Å². The summed E-state index contributed by atoms with van der Waals surface area (Å²) in [4.78, 5) is 0. The molecule has 0 nitrogen and oxygen atoms in total. The number of aryl methyl sites for hydroxylation is 2. The highest BCUT2D eigenvalue weighted by molar-refractivity contribution is 5.77. The fourth-order valence-electron chi connectivity index (χ4n) is 4.51. The minimum Gasteiger partial charge on any atom is -0.0619 e. The van der Waals surface area contributed by atoms with Crippen molar-refractivity contribution in [2.24, 2.45) is 0 Å². The maximum atomic E-state index is 2.36. The van der Waals surface area contributed by atoms with Gasteiger partial charge in [-0.3, -0.25) is 0 Å². The minimum atomic E-state index is 0.951. The Bertz CT molecular complexity index is 1180. The van der Waals surface area contributed by atoms with Crippen molar-refractivity contribution >= 4 is 0 Å². The second-order valence-corrected chi connectivity index (χ2v) is 7.99. The van der Waals surface area contributed by atoms with Crippen LogP contribution in [0.25, 0.3) is 22.3 Å². The molecule has 4 aromatic carbocycles. The third-order valence-electron chi connectivity index (χ3n) is 5.90. The van der Waals surface area contributed by atoms with Crippen LogP contribution in [0.3, 0.4) is 0 Å². The normalized spacial score (nSPS) is 12.4. The number of fused-ring (bicyclic) bond motifs is 6. The fraction of sp³-hybridized carbons (Fsp3) is 0.143. The van der Waals surface area contributed by atoms with Crippen molar-refractivity contribution < 1.29 is 0 Å². The lowest BCUT2D eigenvalue weighted by atomic mass is 9.83. The summed E-state index contributed by atoms with van der Waals surface area (Å²) in [5, 5.41) is 0. The predicted molar refractivity (Wildman–Crippen MR) is 119 cm³/mol. The molecule has 0 saturated heterocycles. The van der Waals surface area contributed by atoms with E-state index >= 15 is 0 Å². The largest absolute Gasteiger partial charge is 0.0619 e. The summed E-state index contributed by atoms with van der Waals surface area (Å²) in [5.41, 5.74) is 13.7. The number of benzene rings is 4. The van der Waals surface area contributed by atoms with Crippen molar-refractivity contribution in [1.82, 2.24) is 0 Å². The lowest BCUT2D eigenvalue weighted by Gasteiger charge is -2.21. The topological polar surface area (TPSA) is 0 Å². The van der Waals surface area contributed by atoms with E-state index in [-0.39, 0.29) is 0 Å². The SMILES string of the molecule is Cc1ccc2c(c1)Cc1ccc(C)cc1-c1ccccc1Cc1ccccc1-2. The summed E-state index contributed by atoms with van der Waals surface area (Å²) in [5.74, 6) is 0. The van der Waals surface area contributed by atoms with Crippen LogP contribution in [-0.4, -0.2) is 0 Å². The highest BCUT2D eigenvalue weighted by Crippen LogP contribution is 2.37. The van der Waals surface area contributed by atoms with E-state index in [1.807, 2.05) is 0 Å². The third kappa shape index (κ3) is 2.96. The van der Waals surface area contributed by atoms with Gasteiger partial charge in [-0.15, -0.1) is 0 Å². The van der Waals surface area contributed by atoms with E-state index in [0.29, 0.717) is 0 Å². The van der Waals surface area contributed by atoms with Crippen LogP contribution in [0.2, 0.25) is 0 Å². The van der Waals surface area contributed by atoms with E-state index in [2.05, 4.69) is 98.8 Å². The first kappa shape index (κ1) is 17.0. The van der Waals surface area contributed by atoms with Crippen LogP contribution in [0.5, 0.6) is 0 Å². The van der Waals surface area contributed by atoms with Crippen LogP contribution in [0.4, 0.5) is 0 Å². The van der Waals surface area contributed by atoms with E-state index in [4.69, 9.17) is 0 Å². The molecule has 4 aromatic rings. The molecule has 136 valence electrons. The lowest BCUT2D eigenvalue weighted by Crippen LogP contribution is -2.03. The molecular weight excluding hydrogens is 336 g/mol. The molecule has 0 amide bonds. The lowest BCUT2D eigenvalue weighted by molar-refractivity contribution is 1.14. The average molecular weight is 361 g/mol. The summed E-state index contributed by atoms with van der Waals surface area (Å²) < 4.78 is 0. The van der Waals surface area contributed by atoms with Crippen LogP contribution in [-0.2, 0) is 12.8 Å².